The predicted octanol–water partition coefficient (Wildman–Crippen LogP) is 1.90. The van der Waals surface area contributed by atoms with Gasteiger partial charge in [0.1, 0.15) is 0 Å². The first kappa shape index (κ1) is 15.9. The van der Waals surface area contributed by atoms with Crippen molar-refractivity contribution in [3.05, 3.63) is 0 Å². The maximum Gasteiger partial charge on any atom is 0.0104 e. The first-order valence-corrected chi connectivity index (χ1v) is 7.44. The number of hydrogen-bond donors (Lipinski definition) is 1. The maximum atomic E-state index is 3.55. The Balaban J connectivity index is 1.98. The number of rotatable bonds is 7. The first-order valence-electron chi connectivity index (χ1n) is 7.44. The fraction of sp³-hybridized carbons (Fsp3) is 1.00. The largest absolute Gasteiger partial charge is 0.315 e. The fourth-order valence-corrected chi connectivity index (χ4v) is 2.57. The Hall–Kier alpha value is -0.120. The number of likely N-dealkylation sites (N-methyl/N-ethyl adjacent to an activating group) is 1. The van der Waals surface area contributed by atoms with E-state index in [0.717, 1.165) is 19.0 Å². The SMILES string of the molecule is CN(CCNCCC(C)(C)C)CC1CCN(C)C1. The van der Waals surface area contributed by atoms with Crippen molar-refractivity contribution in [3.63, 3.8) is 0 Å². The van der Waals surface area contributed by atoms with Crippen molar-refractivity contribution in [2.75, 3.05) is 53.4 Å². The van der Waals surface area contributed by atoms with Crippen LogP contribution in [0.2, 0.25) is 0 Å². The second-order valence-corrected chi connectivity index (χ2v) is 7.24. The summed E-state index contributed by atoms with van der Waals surface area (Å²) >= 11 is 0. The minimum Gasteiger partial charge on any atom is -0.315 e. The summed E-state index contributed by atoms with van der Waals surface area (Å²) in [5, 5.41) is 3.55. The lowest BCUT2D eigenvalue weighted by Gasteiger charge is -2.22. The number of nitrogens with zero attached hydrogens (tertiary/aromatic N) is 2. The average molecular weight is 255 g/mol. The van der Waals surface area contributed by atoms with Crippen LogP contribution < -0.4 is 5.32 Å². The average Bonchev–Trinajstić information content (AvgIpc) is 2.61. The zero-order chi connectivity index (χ0) is 13.6. The highest BCUT2D eigenvalue weighted by Crippen LogP contribution is 2.17. The monoisotopic (exact) mass is 255 g/mol. The van der Waals surface area contributed by atoms with Gasteiger partial charge in [-0.3, -0.25) is 0 Å². The summed E-state index contributed by atoms with van der Waals surface area (Å²) in [7, 11) is 4.48. The molecule has 3 heteroatoms. The lowest BCUT2D eigenvalue weighted by Crippen LogP contribution is -2.34. The first-order chi connectivity index (χ1) is 8.37. The third-order valence-electron chi connectivity index (χ3n) is 3.78. The predicted molar refractivity (Wildman–Crippen MR) is 80.0 cm³/mol. The van der Waals surface area contributed by atoms with Crippen molar-refractivity contribution in [2.24, 2.45) is 11.3 Å². The molecule has 0 spiro atoms. The van der Waals surface area contributed by atoms with Gasteiger partial charge in [-0.25, -0.2) is 0 Å². The van der Waals surface area contributed by atoms with Crippen molar-refractivity contribution in [3.8, 4) is 0 Å². The van der Waals surface area contributed by atoms with Crippen LogP contribution in [0.25, 0.3) is 0 Å². The van der Waals surface area contributed by atoms with Crippen LogP contribution in [0.5, 0.6) is 0 Å². The lowest BCUT2D eigenvalue weighted by molar-refractivity contribution is 0.270. The van der Waals surface area contributed by atoms with Gasteiger partial charge in [-0.1, -0.05) is 20.8 Å². The third-order valence-corrected chi connectivity index (χ3v) is 3.78. The topological polar surface area (TPSA) is 18.5 Å². The molecule has 1 fully saturated rings. The van der Waals surface area contributed by atoms with Crippen LogP contribution in [0.1, 0.15) is 33.6 Å². The van der Waals surface area contributed by atoms with Gasteiger partial charge in [-0.05, 0) is 51.4 Å². The van der Waals surface area contributed by atoms with E-state index in [4.69, 9.17) is 0 Å². The summed E-state index contributed by atoms with van der Waals surface area (Å²) in [5.41, 5.74) is 0.452. The Kier molecular flexibility index (Phi) is 6.61. The summed E-state index contributed by atoms with van der Waals surface area (Å²) in [5.74, 6) is 0.884. The highest BCUT2D eigenvalue weighted by atomic mass is 15.2. The molecule has 0 saturated carbocycles. The minimum absolute atomic E-state index is 0.452. The Morgan fingerprint density at radius 1 is 1.28 bits per heavy atom. The molecule has 1 saturated heterocycles. The molecule has 0 aliphatic carbocycles. The van der Waals surface area contributed by atoms with E-state index in [-0.39, 0.29) is 0 Å². The van der Waals surface area contributed by atoms with E-state index in [9.17, 15) is 0 Å². The van der Waals surface area contributed by atoms with E-state index in [0.29, 0.717) is 5.41 Å². The van der Waals surface area contributed by atoms with Crippen molar-refractivity contribution in [2.45, 2.75) is 33.6 Å². The normalized spacial score (nSPS) is 22.0. The summed E-state index contributed by atoms with van der Waals surface area (Å²) in [6.07, 6.45) is 2.63. The van der Waals surface area contributed by atoms with Crippen LogP contribution in [-0.2, 0) is 0 Å². The molecular weight excluding hydrogens is 222 g/mol. The van der Waals surface area contributed by atoms with Gasteiger partial charge >= 0.3 is 0 Å². The molecule has 0 aromatic heterocycles. The van der Waals surface area contributed by atoms with Crippen molar-refractivity contribution < 1.29 is 0 Å². The van der Waals surface area contributed by atoms with Crippen LogP contribution in [0.4, 0.5) is 0 Å². The molecule has 0 bridgehead atoms. The van der Waals surface area contributed by atoms with Crippen LogP contribution in [0.15, 0.2) is 0 Å². The molecule has 0 radical (unpaired) electrons. The third kappa shape index (κ3) is 7.34. The Labute approximate surface area is 114 Å². The van der Waals surface area contributed by atoms with E-state index in [1.807, 2.05) is 0 Å². The molecule has 18 heavy (non-hydrogen) atoms. The van der Waals surface area contributed by atoms with Gasteiger partial charge in [-0.2, -0.15) is 0 Å². The van der Waals surface area contributed by atoms with Crippen molar-refractivity contribution in [1.29, 1.82) is 0 Å². The van der Waals surface area contributed by atoms with Gasteiger partial charge in [0.05, 0.1) is 0 Å². The van der Waals surface area contributed by atoms with E-state index in [1.165, 1.54) is 39.0 Å². The fourth-order valence-electron chi connectivity index (χ4n) is 2.57. The minimum atomic E-state index is 0.452. The Morgan fingerprint density at radius 2 is 2.00 bits per heavy atom. The number of nitrogens with one attached hydrogen (secondary N) is 1. The Morgan fingerprint density at radius 3 is 2.56 bits per heavy atom. The molecule has 1 atom stereocenters. The summed E-state index contributed by atoms with van der Waals surface area (Å²) in [6.45, 7) is 14.2. The van der Waals surface area contributed by atoms with Crippen LogP contribution >= 0.6 is 0 Å². The van der Waals surface area contributed by atoms with Crippen molar-refractivity contribution in [1.82, 2.24) is 15.1 Å². The molecule has 1 rings (SSSR count). The molecule has 1 unspecified atom stereocenters. The molecule has 0 aromatic rings. The van der Waals surface area contributed by atoms with Crippen molar-refractivity contribution >= 4 is 0 Å². The molecule has 0 amide bonds. The highest BCUT2D eigenvalue weighted by Gasteiger charge is 2.20. The van der Waals surface area contributed by atoms with Gasteiger partial charge in [0, 0.05) is 26.2 Å². The second-order valence-electron chi connectivity index (χ2n) is 7.24. The molecule has 3 nitrogen and oxygen atoms in total. The molecule has 1 heterocycles. The molecule has 1 N–H and O–H groups in total. The summed E-state index contributed by atoms with van der Waals surface area (Å²) in [4.78, 5) is 4.92. The van der Waals surface area contributed by atoms with E-state index in [2.05, 4.69) is 50.0 Å². The number of hydrogen-bond acceptors (Lipinski definition) is 3. The van der Waals surface area contributed by atoms with E-state index < -0.39 is 0 Å². The summed E-state index contributed by atoms with van der Waals surface area (Å²) in [6, 6.07) is 0. The van der Waals surface area contributed by atoms with Crippen LogP contribution in [-0.4, -0.2) is 63.2 Å². The smallest absolute Gasteiger partial charge is 0.0104 e. The van der Waals surface area contributed by atoms with Crippen LogP contribution in [0.3, 0.4) is 0 Å². The van der Waals surface area contributed by atoms with Gasteiger partial charge in [0.2, 0.25) is 0 Å². The van der Waals surface area contributed by atoms with E-state index >= 15 is 0 Å². The highest BCUT2D eigenvalue weighted by molar-refractivity contribution is 4.75. The molecule has 1 aliphatic rings. The van der Waals surface area contributed by atoms with Crippen LogP contribution in [0, 0.1) is 11.3 Å². The molecular formula is C15H33N3. The number of likely N-dealkylation sites (tertiary alicyclic amines) is 1. The van der Waals surface area contributed by atoms with Gasteiger partial charge in [0.15, 0.2) is 0 Å². The Bertz CT molecular complexity index is 222. The second kappa shape index (κ2) is 7.46. The molecule has 1 aliphatic heterocycles. The molecule has 108 valence electrons. The van der Waals surface area contributed by atoms with E-state index in [1.54, 1.807) is 0 Å². The quantitative estimate of drug-likeness (QED) is 0.701. The maximum absolute atomic E-state index is 3.55. The van der Waals surface area contributed by atoms with Gasteiger partial charge < -0.3 is 15.1 Å². The summed E-state index contributed by atoms with van der Waals surface area (Å²) < 4.78 is 0. The van der Waals surface area contributed by atoms with Gasteiger partial charge in [-0.15, -0.1) is 0 Å². The lowest BCUT2D eigenvalue weighted by atomic mass is 9.92. The van der Waals surface area contributed by atoms with Gasteiger partial charge in [0.25, 0.3) is 0 Å². The zero-order valence-electron chi connectivity index (χ0n) is 13.1. The molecule has 0 aromatic carbocycles. The standard InChI is InChI=1S/C15H33N3/c1-15(2,3)7-8-16-9-11-18(5)13-14-6-10-17(4)12-14/h14,16H,6-13H2,1-5H3. The zero-order valence-corrected chi connectivity index (χ0v) is 13.1.